The fourth-order valence-electron chi connectivity index (χ4n) is 2.20. The van der Waals surface area contributed by atoms with Crippen molar-refractivity contribution >= 4 is 0 Å². The second-order valence-corrected chi connectivity index (χ2v) is 5.45. The van der Waals surface area contributed by atoms with Gasteiger partial charge in [-0.25, -0.2) is 9.67 Å². The SMILES string of the molecule is Cc1cnccc1-n1nc(C(C)C)nc1-c1cccc(=O)[nH]1. The van der Waals surface area contributed by atoms with Gasteiger partial charge in [-0.15, -0.1) is 0 Å². The number of nitrogens with zero attached hydrogens (tertiary/aromatic N) is 4. The molecule has 3 aromatic heterocycles. The number of hydrogen-bond donors (Lipinski definition) is 1. The lowest BCUT2D eigenvalue weighted by molar-refractivity contribution is 0.752. The van der Waals surface area contributed by atoms with Crippen LogP contribution in [0.2, 0.25) is 0 Å². The van der Waals surface area contributed by atoms with Crippen molar-refractivity contribution in [3.63, 3.8) is 0 Å². The number of pyridine rings is 2. The van der Waals surface area contributed by atoms with Crippen LogP contribution in [0.3, 0.4) is 0 Å². The van der Waals surface area contributed by atoms with Crippen molar-refractivity contribution in [3.05, 3.63) is 58.4 Å². The summed E-state index contributed by atoms with van der Waals surface area (Å²) in [6.07, 6.45) is 3.50. The van der Waals surface area contributed by atoms with Crippen LogP contribution in [0.1, 0.15) is 31.2 Å². The second kappa shape index (κ2) is 5.55. The van der Waals surface area contributed by atoms with Gasteiger partial charge in [-0.3, -0.25) is 9.78 Å². The molecule has 0 amide bonds. The standard InChI is InChI=1S/C16H17N5O/c1-10(2)15-19-16(12-5-4-6-14(22)18-12)21(20-15)13-7-8-17-9-11(13)3/h4-10H,1-3H3,(H,18,22). The number of H-pyrrole nitrogens is 1. The molecule has 0 aromatic carbocycles. The average Bonchev–Trinajstić information content (AvgIpc) is 2.93. The predicted molar refractivity (Wildman–Crippen MR) is 84.0 cm³/mol. The molecule has 0 unspecified atom stereocenters. The Morgan fingerprint density at radius 1 is 1.23 bits per heavy atom. The van der Waals surface area contributed by atoms with E-state index in [4.69, 9.17) is 0 Å². The molecule has 0 saturated heterocycles. The van der Waals surface area contributed by atoms with Gasteiger partial charge in [0.1, 0.15) is 0 Å². The second-order valence-electron chi connectivity index (χ2n) is 5.45. The Balaban J connectivity index is 2.25. The molecular formula is C16H17N5O. The van der Waals surface area contributed by atoms with Crippen molar-refractivity contribution in [2.45, 2.75) is 26.7 Å². The van der Waals surface area contributed by atoms with Crippen molar-refractivity contribution < 1.29 is 0 Å². The third kappa shape index (κ3) is 2.55. The minimum atomic E-state index is -0.162. The molecule has 3 heterocycles. The van der Waals surface area contributed by atoms with Gasteiger partial charge in [0.05, 0.1) is 11.4 Å². The van der Waals surface area contributed by atoms with E-state index >= 15 is 0 Å². The van der Waals surface area contributed by atoms with Crippen LogP contribution in [0.4, 0.5) is 0 Å². The summed E-state index contributed by atoms with van der Waals surface area (Å²) >= 11 is 0. The zero-order valence-electron chi connectivity index (χ0n) is 12.7. The quantitative estimate of drug-likeness (QED) is 0.805. The molecule has 0 bridgehead atoms. The highest BCUT2D eigenvalue weighted by atomic mass is 16.1. The summed E-state index contributed by atoms with van der Waals surface area (Å²) in [6.45, 7) is 6.05. The summed E-state index contributed by atoms with van der Waals surface area (Å²) < 4.78 is 1.76. The summed E-state index contributed by atoms with van der Waals surface area (Å²) in [5, 5.41) is 4.60. The number of aromatic amines is 1. The normalized spacial score (nSPS) is 11.1. The Bertz CT molecular complexity index is 863. The zero-order valence-corrected chi connectivity index (χ0v) is 12.7. The lowest BCUT2D eigenvalue weighted by Gasteiger charge is -2.08. The van der Waals surface area contributed by atoms with E-state index in [1.165, 1.54) is 6.07 Å². The summed E-state index contributed by atoms with van der Waals surface area (Å²) in [4.78, 5) is 23.1. The number of rotatable bonds is 3. The zero-order chi connectivity index (χ0) is 15.7. The Morgan fingerprint density at radius 3 is 2.73 bits per heavy atom. The first-order chi connectivity index (χ1) is 10.6. The van der Waals surface area contributed by atoms with Crippen LogP contribution in [0.5, 0.6) is 0 Å². The number of hydrogen-bond acceptors (Lipinski definition) is 4. The fourth-order valence-corrected chi connectivity index (χ4v) is 2.20. The molecule has 0 aliphatic carbocycles. The van der Waals surface area contributed by atoms with Gasteiger partial charge in [0.2, 0.25) is 5.56 Å². The number of aromatic nitrogens is 5. The van der Waals surface area contributed by atoms with Crippen LogP contribution in [0, 0.1) is 6.92 Å². The van der Waals surface area contributed by atoms with Crippen molar-refractivity contribution in [1.82, 2.24) is 24.7 Å². The molecule has 0 fully saturated rings. The first kappa shape index (κ1) is 14.2. The van der Waals surface area contributed by atoms with Crippen molar-refractivity contribution in [2.24, 2.45) is 0 Å². The molecule has 0 saturated carbocycles. The highest BCUT2D eigenvalue weighted by molar-refractivity contribution is 5.54. The maximum atomic E-state index is 11.6. The van der Waals surface area contributed by atoms with Crippen LogP contribution in [-0.4, -0.2) is 24.7 Å². The van der Waals surface area contributed by atoms with Crippen LogP contribution in [0.15, 0.2) is 41.5 Å². The van der Waals surface area contributed by atoms with E-state index in [0.717, 1.165) is 17.1 Å². The summed E-state index contributed by atoms with van der Waals surface area (Å²) in [7, 11) is 0. The molecule has 0 aliphatic rings. The van der Waals surface area contributed by atoms with Gasteiger partial charge in [-0.05, 0) is 24.6 Å². The largest absolute Gasteiger partial charge is 0.319 e. The topological polar surface area (TPSA) is 76.5 Å². The van der Waals surface area contributed by atoms with Crippen molar-refractivity contribution in [3.8, 4) is 17.2 Å². The molecule has 0 spiro atoms. The monoisotopic (exact) mass is 295 g/mol. The molecule has 6 nitrogen and oxygen atoms in total. The third-order valence-electron chi connectivity index (χ3n) is 3.37. The third-order valence-corrected chi connectivity index (χ3v) is 3.37. The molecule has 0 atom stereocenters. The predicted octanol–water partition coefficient (Wildman–Crippen LogP) is 2.45. The first-order valence-corrected chi connectivity index (χ1v) is 7.14. The Kier molecular flexibility index (Phi) is 3.58. The minimum Gasteiger partial charge on any atom is -0.319 e. The van der Waals surface area contributed by atoms with E-state index < -0.39 is 0 Å². The van der Waals surface area contributed by atoms with Gasteiger partial charge in [0.15, 0.2) is 11.6 Å². The number of aryl methyl sites for hydroxylation is 1. The van der Waals surface area contributed by atoms with Gasteiger partial charge >= 0.3 is 0 Å². The molecule has 22 heavy (non-hydrogen) atoms. The average molecular weight is 295 g/mol. The van der Waals surface area contributed by atoms with Crippen LogP contribution in [-0.2, 0) is 0 Å². The van der Waals surface area contributed by atoms with E-state index in [9.17, 15) is 4.79 Å². The van der Waals surface area contributed by atoms with Crippen LogP contribution in [0.25, 0.3) is 17.2 Å². The van der Waals surface area contributed by atoms with Gasteiger partial charge in [-0.2, -0.15) is 5.10 Å². The maximum absolute atomic E-state index is 11.6. The van der Waals surface area contributed by atoms with E-state index in [1.807, 2.05) is 32.9 Å². The van der Waals surface area contributed by atoms with Crippen molar-refractivity contribution in [2.75, 3.05) is 0 Å². The van der Waals surface area contributed by atoms with Crippen molar-refractivity contribution in [1.29, 1.82) is 0 Å². The summed E-state index contributed by atoms with van der Waals surface area (Å²) in [5.74, 6) is 1.55. The molecule has 0 aliphatic heterocycles. The Labute approximate surface area is 127 Å². The molecule has 0 radical (unpaired) electrons. The maximum Gasteiger partial charge on any atom is 0.248 e. The minimum absolute atomic E-state index is 0.162. The molecule has 6 heteroatoms. The molecule has 3 rings (SSSR count). The van der Waals surface area contributed by atoms with Crippen LogP contribution >= 0.6 is 0 Å². The highest BCUT2D eigenvalue weighted by Crippen LogP contribution is 2.22. The van der Waals surface area contributed by atoms with Gasteiger partial charge in [0, 0.05) is 24.4 Å². The summed E-state index contributed by atoms with van der Waals surface area (Å²) in [5.41, 5.74) is 2.36. The fraction of sp³-hybridized carbons (Fsp3) is 0.250. The van der Waals surface area contributed by atoms with E-state index in [1.54, 1.807) is 23.1 Å². The highest BCUT2D eigenvalue weighted by Gasteiger charge is 2.17. The lowest BCUT2D eigenvalue weighted by Crippen LogP contribution is -2.08. The molecule has 3 aromatic rings. The van der Waals surface area contributed by atoms with Gasteiger partial charge in [0.25, 0.3) is 0 Å². The smallest absolute Gasteiger partial charge is 0.248 e. The summed E-state index contributed by atoms with van der Waals surface area (Å²) in [6, 6.07) is 6.90. The Morgan fingerprint density at radius 2 is 2.05 bits per heavy atom. The number of nitrogens with one attached hydrogen (secondary N) is 1. The van der Waals surface area contributed by atoms with E-state index in [2.05, 4.69) is 20.1 Å². The van der Waals surface area contributed by atoms with Gasteiger partial charge in [-0.1, -0.05) is 19.9 Å². The molecule has 112 valence electrons. The van der Waals surface area contributed by atoms with Gasteiger partial charge < -0.3 is 4.98 Å². The Hall–Kier alpha value is -2.76. The molecule has 1 N–H and O–H groups in total. The van der Waals surface area contributed by atoms with Crippen LogP contribution < -0.4 is 5.56 Å². The molecular weight excluding hydrogens is 278 g/mol. The van der Waals surface area contributed by atoms with E-state index in [-0.39, 0.29) is 11.5 Å². The lowest BCUT2D eigenvalue weighted by atomic mass is 10.2. The van der Waals surface area contributed by atoms with E-state index in [0.29, 0.717) is 11.5 Å². The first-order valence-electron chi connectivity index (χ1n) is 7.14.